The minimum atomic E-state index is -3.94. The number of nitrogens with zero attached hydrogens (tertiary/aromatic N) is 3. The number of carbonyl (C=O) groups is 1. The number of carbonyl (C=O) groups excluding carboxylic acids is 1. The molecular weight excluding hydrogens is 418 g/mol. The average molecular weight is 444 g/mol. The quantitative estimate of drug-likeness (QED) is 0.723. The van der Waals surface area contributed by atoms with Crippen molar-refractivity contribution in [2.75, 3.05) is 31.7 Å². The molecule has 2 heterocycles. The molecule has 0 spiro atoms. The van der Waals surface area contributed by atoms with Gasteiger partial charge >= 0.3 is 12.1 Å². The molecule has 1 atom stereocenters. The number of amidine groups is 1. The van der Waals surface area contributed by atoms with E-state index < -0.39 is 22.2 Å². The van der Waals surface area contributed by atoms with Crippen molar-refractivity contribution >= 4 is 27.8 Å². The summed E-state index contributed by atoms with van der Waals surface area (Å²) in [5.41, 5.74) is 2.32. The first kappa shape index (κ1) is 21.2. The van der Waals surface area contributed by atoms with E-state index in [1.54, 1.807) is 24.0 Å². The van der Waals surface area contributed by atoms with Crippen molar-refractivity contribution in [3.63, 3.8) is 0 Å². The van der Waals surface area contributed by atoms with Gasteiger partial charge in [0.2, 0.25) is 0 Å². The highest BCUT2D eigenvalue weighted by molar-refractivity contribution is 7.89. The molecule has 0 radical (unpaired) electrons. The molecule has 9 heteroatoms. The van der Waals surface area contributed by atoms with Gasteiger partial charge in [0.05, 0.1) is 36.9 Å². The van der Waals surface area contributed by atoms with E-state index in [2.05, 4.69) is 4.99 Å². The maximum absolute atomic E-state index is 13.7. The number of sulfonamides is 1. The highest BCUT2D eigenvalue weighted by Gasteiger charge is 2.40. The summed E-state index contributed by atoms with van der Waals surface area (Å²) < 4.78 is 39.0. The summed E-state index contributed by atoms with van der Waals surface area (Å²) in [6.45, 7) is 2.87. The van der Waals surface area contributed by atoms with Crippen LogP contribution in [0.5, 0.6) is 0 Å². The van der Waals surface area contributed by atoms with Crippen LogP contribution in [0.2, 0.25) is 0 Å². The standard InChI is InChI=1S/C22H25N3O5S/c1-3-30-22(26)24-13-7-10-17-14-18(11-12-19(17)24)31(27,28)25-20(15-23-21(25)29-2)16-8-5-4-6-9-16/h4-6,8-9,11-12,14,20H,3,7,10,13,15H2,1-2H3. The molecule has 0 saturated carbocycles. The third-order valence-corrected chi connectivity index (χ3v) is 7.23. The summed E-state index contributed by atoms with van der Waals surface area (Å²) in [5.74, 6) is 0. The molecule has 2 aliphatic heterocycles. The van der Waals surface area contributed by atoms with Crippen LogP contribution in [0.25, 0.3) is 0 Å². The van der Waals surface area contributed by atoms with E-state index >= 15 is 0 Å². The van der Waals surface area contributed by atoms with E-state index in [4.69, 9.17) is 9.47 Å². The van der Waals surface area contributed by atoms with Crippen LogP contribution in [0.1, 0.15) is 30.5 Å². The molecule has 2 aliphatic rings. The Morgan fingerprint density at radius 1 is 1.19 bits per heavy atom. The third kappa shape index (κ3) is 3.85. The SMILES string of the molecule is CCOC(=O)N1CCCc2cc(S(=O)(=O)N3C(OC)=NCC3c3ccccc3)ccc21. The number of anilines is 1. The highest BCUT2D eigenvalue weighted by Crippen LogP contribution is 2.35. The number of ether oxygens (including phenoxy) is 2. The Bertz CT molecular complexity index is 1100. The van der Waals surface area contributed by atoms with Gasteiger partial charge in [-0.3, -0.25) is 4.90 Å². The van der Waals surface area contributed by atoms with Crippen LogP contribution >= 0.6 is 0 Å². The summed E-state index contributed by atoms with van der Waals surface area (Å²) in [4.78, 5) is 18.3. The molecule has 0 fully saturated rings. The molecule has 164 valence electrons. The molecule has 0 saturated heterocycles. The second-order valence-electron chi connectivity index (χ2n) is 7.30. The van der Waals surface area contributed by atoms with E-state index in [1.807, 2.05) is 30.3 Å². The fourth-order valence-electron chi connectivity index (χ4n) is 4.02. The van der Waals surface area contributed by atoms with Crippen molar-refractivity contribution in [2.24, 2.45) is 4.99 Å². The van der Waals surface area contributed by atoms with Crippen molar-refractivity contribution in [2.45, 2.75) is 30.7 Å². The Morgan fingerprint density at radius 2 is 1.97 bits per heavy atom. The summed E-state index contributed by atoms with van der Waals surface area (Å²) in [7, 11) is -2.52. The molecule has 31 heavy (non-hydrogen) atoms. The predicted molar refractivity (Wildman–Crippen MR) is 117 cm³/mol. The van der Waals surface area contributed by atoms with Gasteiger partial charge in [-0.2, -0.15) is 0 Å². The molecule has 2 aromatic carbocycles. The molecule has 1 unspecified atom stereocenters. The maximum Gasteiger partial charge on any atom is 0.414 e. The van der Waals surface area contributed by atoms with Crippen molar-refractivity contribution in [3.8, 4) is 0 Å². The number of hydrogen-bond donors (Lipinski definition) is 0. The molecule has 0 aliphatic carbocycles. The Balaban J connectivity index is 1.71. The van der Waals surface area contributed by atoms with Crippen molar-refractivity contribution in [1.82, 2.24) is 4.31 Å². The molecular formula is C22H25N3O5S. The van der Waals surface area contributed by atoms with Crippen molar-refractivity contribution in [1.29, 1.82) is 0 Å². The summed E-state index contributed by atoms with van der Waals surface area (Å²) >= 11 is 0. The number of hydrogen-bond acceptors (Lipinski definition) is 6. The fraction of sp³-hybridized carbons (Fsp3) is 0.364. The van der Waals surface area contributed by atoms with Crippen LogP contribution in [0, 0.1) is 0 Å². The lowest BCUT2D eigenvalue weighted by molar-refractivity contribution is 0.159. The van der Waals surface area contributed by atoms with Crippen LogP contribution < -0.4 is 4.90 Å². The van der Waals surface area contributed by atoms with Gasteiger partial charge in [0.15, 0.2) is 0 Å². The van der Waals surface area contributed by atoms with Gasteiger partial charge in [-0.15, -0.1) is 0 Å². The first-order chi connectivity index (χ1) is 15.0. The average Bonchev–Trinajstić information content (AvgIpc) is 3.24. The van der Waals surface area contributed by atoms with Crippen molar-refractivity contribution < 1.29 is 22.7 Å². The zero-order valence-electron chi connectivity index (χ0n) is 17.5. The molecule has 2 aromatic rings. The van der Waals surface area contributed by atoms with Gasteiger partial charge in [0.25, 0.3) is 10.0 Å². The molecule has 4 rings (SSSR count). The number of fused-ring (bicyclic) bond motifs is 1. The Morgan fingerprint density at radius 3 is 2.68 bits per heavy atom. The summed E-state index contributed by atoms with van der Waals surface area (Å²) in [5, 5.41) is 0. The van der Waals surface area contributed by atoms with Crippen molar-refractivity contribution in [3.05, 3.63) is 59.7 Å². The van der Waals surface area contributed by atoms with Gasteiger partial charge in [0.1, 0.15) is 0 Å². The minimum Gasteiger partial charge on any atom is -0.468 e. The van der Waals surface area contributed by atoms with Gasteiger partial charge in [0, 0.05) is 6.54 Å². The fourth-order valence-corrected chi connectivity index (χ4v) is 5.64. The Kier molecular flexibility index (Phi) is 5.86. The van der Waals surface area contributed by atoms with Gasteiger partial charge in [-0.25, -0.2) is 22.5 Å². The van der Waals surface area contributed by atoms with E-state index in [0.717, 1.165) is 17.5 Å². The van der Waals surface area contributed by atoms with Crippen LogP contribution in [0.15, 0.2) is 58.4 Å². The van der Waals surface area contributed by atoms with Gasteiger partial charge < -0.3 is 9.47 Å². The zero-order chi connectivity index (χ0) is 22.0. The van der Waals surface area contributed by atoms with Crippen LogP contribution in [0.4, 0.5) is 10.5 Å². The molecule has 0 N–H and O–H groups in total. The lowest BCUT2D eigenvalue weighted by atomic mass is 10.0. The smallest absolute Gasteiger partial charge is 0.414 e. The molecule has 1 amide bonds. The van der Waals surface area contributed by atoms with E-state index in [9.17, 15) is 13.2 Å². The van der Waals surface area contributed by atoms with E-state index in [1.165, 1.54) is 17.5 Å². The minimum absolute atomic E-state index is 0.0692. The number of methoxy groups -OCH3 is 1. The second kappa shape index (κ2) is 8.58. The highest BCUT2D eigenvalue weighted by atomic mass is 32.2. The van der Waals surface area contributed by atoms with Gasteiger partial charge in [-0.1, -0.05) is 30.3 Å². The number of benzene rings is 2. The number of amides is 1. The Labute approximate surface area is 182 Å². The topological polar surface area (TPSA) is 88.5 Å². The van der Waals surface area contributed by atoms with Crippen LogP contribution in [-0.2, 0) is 25.9 Å². The first-order valence-electron chi connectivity index (χ1n) is 10.2. The number of rotatable bonds is 4. The van der Waals surface area contributed by atoms with E-state index in [0.29, 0.717) is 18.7 Å². The normalized spacial score (nSPS) is 18.4. The number of aliphatic imine (C=N–C) groups is 1. The second-order valence-corrected chi connectivity index (χ2v) is 9.11. The number of aryl methyl sites for hydroxylation is 1. The van der Waals surface area contributed by atoms with Crippen LogP contribution in [-0.4, -0.2) is 51.6 Å². The lowest BCUT2D eigenvalue weighted by Gasteiger charge is -2.30. The third-order valence-electron chi connectivity index (χ3n) is 5.45. The monoisotopic (exact) mass is 443 g/mol. The van der Waals surface area contributed by atoms with Crippen LogP contribution in [0.3, 0.4) is 0 Å². The van der Waals surface area contributed by atoms with Gasteiger partial charge in [-0.05, 0) is 49.1 Å². The molecule has 0 bridgehead atoms. The summed E-state index contributed by atoms with van der Waals surface area (Å²) in [6, 6.07) is 13.8. The zero-order valence-corrected chi connectivity index (χ0v) is 18.3. The first-order valence-corrected chi connectivity index (χ1v) is 11.7. The Hall–Kier alpha value is -3.07. The lowest BCUT2D eigenvalue weighted by Crippen LogP contribution is -2.38. The molecule has 0 aromatic heterocycles. The largest absolute Gasteiger partial charge is 0.468 e. The maximum atomic E-state index is 13.7. The summed E-state index contributed by atoms with van der Waals surface area (Å²) in [6.07, 6.45) is 0.995. The van der Waals surface area contributed by atoms with E-state index in [-0.39, 0.29) is 24.1 Å². The molecule has 8 nitrogen and oxygen atoms in total. The predicted octanol–water partition coefficient (Wildman–Crippen LogP) is 3.34.